The number of nitrogen functional groups attached to an aromatic ring is 1. The highest BCUT2D eigenvalue weighted by Crippen LogP contribution is 2.66. The third-order valence-corrected chi connectivity index (χ3v) is 9.35. The van der Waals surface area contributed by atoms with Crippen LogP contribution in [0.1, 0.15) is 19.9 Å². The van der Waals surface area contributed by atoms with E-state index in [0.717, 1.165) is 13.3 Å². The summed E-state index contributed by atoms with van der Waals surface area (Å²) in [7, 11) is -16.9. The minimum absolute atomic E-state index is 0.000177. The zero-order valence-electron chi connectivity index (χ0n) is 17.9. The average Bonchev–Trinajstić information content (AvgIpc) is 3.17. The van der Waals surface area contributed by atoms with E-state index < -0.39 is 65.4 Å². The summed E-state index contributed by atoms with van der Waals surface area (Å²) in [6.07, 6.45) is 0.311. The number of nitrogens with one attached hydrogen (secondary N) is 1. The van der Waals surface area contributed by atoms with Gasteiger partial charge in [0.05, 0.1) is 19.0 Å². The number of hydrogen-bond donors (Lipinski definition) is 7. The summed E-state index contributed by atoms with van der Waals surface area (Å²) in [6.45, 7) is 1.61. The van der Waals surface area contributed by atoms with E-state index in [-0.39, 0.29) is 17.0 Å². The lowest BCUT2D eigenvalue weighted by Crippen LogP contribution is -2.47. The molecule has 1 aliphatic rings. The van der Waals surface area contributed by atoms with Gasteiger partial charge in [-0.05, 0) is 12.8 Å². The highest BCUT2D eigenvalue weighted by molar-refractivity contribution is 7.66. The Hall–Kier alpha value is -1.68. The van der Waals surface area contributed by atoms with Crippen molar-refractivity contribution in [2.75, 3.05) is 12.3 Å². The largest absolute Gasteiger partial charge is 0.490 e. The molecule has 0 aromatic carbocycles. The Kier molecular flexibility index (Phi) is 7.43. The van der Waals surface area contributed by atoms with Gasteiger partial charge in [0.2, 0.25) is 0 Å². The number of rotatable bonds is 9. The van der Waals surface area contributed by atoms with E-state index in [1.807, 2.05) is 0 Å². The summed E-state index contributed by atoms with van der Waals surface area (Å²) in [5, 5.41) is 18.8. The molecule has 1 saturated carbocycles. The summed E-state index contributed by atoms with van der Waals surface area (Å²) in [4.78, 5) is 48.0. The van der Waals surface area contributed by atoms with Gasteiger partial charge in [-0.25, -0.2) is 33.0 Å². The van der Waals surface area contributed by atoms with Crippen molar-refractivity contribution < 1.29 is 55.9 Å². The summed E-state index contributed by atoms with van der Waals surface area (Å²) < 4.78 is 63.7. The highest BCUT2D eigenvalue weighted by atomic mass is 31.3. The van der Waals surface area contributed by atoms with E-state index in [1.54, 1.807) is 0 Å². The Morgan fingerprint density at radius 1 is 1.20 bits per heavy atom. The van der Waals surface area contributed by atoms with Crippen LogP contribution in [0, 0.1) is 17.2 Å². The van der Waals surface area contributed by atoms with Crippen molar-refractivity contribution in [3.63, 3.8) is 0 Å². The summed E-state index contributed by atoms with van der Waals surface area (Å²) in [5.74, 6) is -2.23. The molecule has 0 aliphatic heterocycles. The van der Waals surface area contributed by atoms with Gasteiger partial charge in [-0.2, -0.15) is 8.62 Å². The van der Waals surface area contributed by atoms with Crippen LogP contribution < -0.4 is 5.73 Å². The van der Waals surface area contributed by atoms with Crippen LogP contribution in [0.25, 0.3) is 11.2 Å². The number of aliphatic hydroxyl groups excluding tert-OH is 1. The van der Waals surface area contributed by atoms with E-state index in [9.17, 15) is 28.6 Å². The van der Waals surface area contributed by atoms with E-state index >= 15 is 4.39 Å². The average molecular weight is 562 g/mol. The fourth-order valence-corrected chi connectivity index (χ4v) is 7.15. The van der Waals surface area contributed by atoms with Gasteiger partial charge in [-0.3, -0.25) is 4.52 Å². The zero-order valence-corrected chi connectivity index (χ0v) is 20.6. The molecule has 0 radical (unpaired) electrons. The molecule has 17 nitrogen and oxygen atoms in total. The number of aromatic nitrogens is 4. The van der Waals surface area contributed by atoms with Gasteiger partial charge in [-0.15, -0.1) is 0 Å². The molecule has 21 heteroatoms. The van der Waals surface area contributed by atoms with E-state index in [1.165, 1.54) is 17.8 Å². The molecular formula is C14H22FN6O11P3. The molecule has 0 saturated heterocycles. The molecule has 3 rings (SSSR count). The number of nitrogens with zero attached hydrogens (tertiary/aromatic N) is 4. The quantitative estimate of drug-likeness (QED) is 0.163. The monoisotopic (exact) mass is 562 g/mol. The first-order valence-corrected chi connectivity index (χ1v) is 14.1. The normalized spacial score (nSPS) is 30.7. The van der Waals surface area contributed by atoms with Gasteiger partial charge < -0.3 is 40.4 Å². The maximum atomic E-state index is 16.3. The molecule has 2 unspecified atom stereocenters. The lowest BCUT2D eigenvalue weighted by molar-refractivity contribution is 0.00763. The van der Waals surface area contributed by atoms with Crippen LogP contribution in [0.2, 0.25) is 0 Å². The van der Waals surface area contributed by atoms with Gasteiger partial charge >= 0.3 is 23.5 Å². The third kappa shape index (κ3) is 5.53. The Bertz CT molecular complexity index is 1290. The molecule has 2 aromatic rings. The predicted octanol–water partition coefficient (Wildman–Crippen LogP) is 0.668. The molecule has 1 aliphatic carbocycles. The van der Waals surface area contributed by atoms with Crippen molar-refractivity contribution in [1.29, 1.82) is 5.41 Å². The van der Waals surface area contributed by atoms with Crippen LogP contribution in [0.4, 0.5) is 10.2 Å². The maximum absolute atomic E-state index is 16.3. The Labute approximate surface area is 196 Å². The number of halogens is 1. The zero-order chi connectivity index (χ0) is 26.6. The summed E-state index contributed by atoms with van der Waals surface area (Å²) >= 11 is 0. The Morgan fingerprint density at radius 3 is 2.40 bits per heavy atom. The van der Waals surface area contributed by atoms with Crippen molar-refractivity contribution in [3.8, 4) is 0 Å². The van der Waals surface area contributed by atoms with Crippen LogP contribution in [-0.4, -0.2) is 68.3 Å². The van der Waals surface area contributed by atoms with Crippen molar-refractivity contribution in [1.82, 2.24) is 19.5 Å². The molecule has 0 bridgehead atoms. The van der Waals surface area contributed by atoms with Crippen LogP contribution in [-0.2, 0) is 26.8 Å². The first-order valence-electron chi connectivity index (χ1n) is 9.53. The molecule has 2 aromatic heterocycles. The standard InChI is InChI=1S/C14H22FN6O11P3/c1-6-8(3-30-34(26,27)32-35(28,29)31-33(23,24)25)11(22)14(15,7(2)16)10(6)21-5-20-9-12(17)18-4-19-13(9)21/h4-6,8,10-11,16,22H,3H2,1-2H3,(H,26,27)(H,28,29)(H2,17,18,19)(H2,23,24,25)/t6-,8-,10+,11+,14-/m0/s1. The molecule has 0 amide bonds. The highest BCUT2D eigenvalue weighted by Gasteiger charge is 2.62. The molecule has 35 heavy (non-hydrogen) atoms. The van der Waals surface area contributed by atoms with E-state index in [2.05, 4.69) is 28.1 Å². The molecule has 0 spiro atoms. The van der Waals surface area contributed by atoms with Crippen molar-refractivity contribution in [3.05, 3.63) is 12.7 Å². The minimum Gasteiger partial charge on any atom is -0.389 e. The number of fused-ring (bicyclic) bond motifs is 1. The number of anilines is 1. The van der Waals surface area contributed by atoms with Gasteiger partial charge in [0.15, 0.2) is 17.1 Å². The van der Waals surface area contributed by atoms with Crippen molar-refractivity contribution in [2.24, 2.45) is 11.8 Å². The fraction of sp³-hybridized carbons (Fsp3) is 0.571. The number of aliphatic hydroxyl groups is 1. The Morgan fingerprint density at radius 2 is 1.83 bits per heavy atom. The molecule has 1 fully saturated rings. The van der Waals surface area contributed by atoms with Gasteiger partial charge in [0.25, 0.3) is 0 Å². The van der Waals surface area contributed by atoms with Crippen LogP contribution in [0.15, 0.2) is 12.7 Å². The number of phosphoric acid groups is 3. The second-order valence-corrected chi connectivity index (χ2v) is 12.2. The van der Waals surface area contributed by atoms with Gasteiger partial charge in [0.1, 0.15) is 17.9 Å². The number of phosphoric ester groups is 1. The topological polar surface area (TPSA) is 274 Å². The lowest BCUT2D eigenvalue weighted by Gasteiger charge is -2.31. The molecule has 7 atom stereocenters. The van der Waals surface area contributed by atoms with Gasteiger partial charge in [0, 0.05) is 11.6 Å². The lowest BCUT2D eigenvalue weighted by atomic mass is 9.90. The third-order valence-electron chi connectivity index (χ3n) is 5.55. The van der Waals surface area contributed by atoms with Gasteiger partial charge in [-0.1, -0.05) is 6.92 Å². The first kappa shape index (κ1) is 27.9. The second-order valence-electron chi connectivity index (χ2n) is 7.78. The number of imidazole rings is 1. The fourth-order valence-electron chi connectivity index (χ4n) is 4.09. The summed E-state index contributed by atoms with van der Waals surface area (Å²) in [6, 6.07) is -1.33. The predicted molar refractivity (Wildman–Crippen MR) is 114 cm³/mol. The maximum Gasteiger partial charge on any atom is 0.490 e. The van der Waals surface area contributed by atoms with Crippen LogP contribution in [0.3, 0.4) is 0 Å². The molecule has 8 N–H and O–H groups in total. The SMILES string of the molecule is CC(=N)[C@@]1(F)[C@H](O)[C@@H](COP(=O)(O)OP(=O)(O)OP(=O)(O)O)[C@H](C)[C@H]1n1cnc2c(N)ncnc21. The van der Waals surface area contributed by atoms with E-state index in [4.69, 9.17) is 20.9 Å². The Balaban J connectivity index is 1.90. The minimum atomic E-state index is -5.76. The van der Waals surface area contributed by atoms with E-state index in [0.29, 0.717) is 0 Å². The van der Waals surface area contributed by atoms with Crippen LogP contribution in [0.5, 0.6) is 0 Å². The van der Waals surface area contributed by atoms with Crippen molar-refractivity contribution in [2.45, 2.75) is 31.7 Å². The van der Waals surface area contributed by atoms with Crippen LogP contribution >= 0.6 is 23.5 Å². The number of nitrogens with two attached hydrogens (primary N) is 1. The summed E-state index contributed by atoms with van der Waals surface area (Å²) in [5.41, 5.74) is 2.66. The molecule has 2 heterocycles. The number of alkyl halides is 1. The first-order chi connectivity index (χ1) is 15.9. The number of hydrogen-bond acceptors (Lipinski definition) is 12. The smallest absolute Gasteiger partial charge is 0.389 e. The molecule has 196 valence electrons. The molecular weight excluding hydrogens is 540 g/mol. The second kappa shape index (κ2) is 9.32. The van der Waals surface area contributed by atoms with Crippen molar-refractivity contribution >= 4 is 46.2 Å².